The lowest BCUT2D eigenvalue weighted by molar-refractivity contribution is 0.965. The van der Waals surface area contributed by atoms with E-state index in [0.29, 0.717) is 5.95 Å². The molecule has 0 spiro atoms. The summed E-state index contributed by atoms with van der Waals surface area (Å²) in [6.45, 7) is 1.94. The monoisotopic (exact) mass is 282 g/mol. The van der Waals surface area contributed by atoms with Crippen molar-refractivity contribution in [3.63, 3.8) is 0 Å². The van der Waals surface area contributed by atoms with E-state index in [4.69, 9.17) is 0 Å². The fraction of sp³-hybridized carbons (Fsp3) is 0.400. The largest absolute Gasteiger partial charge is 0.357 e. The van der Waals surface area contributed by atoms with Crippen LogP contribution in [0.4, 0.5) is 11.1 Å². The standard InChI is InChI=1S/C10H14N6S2/c1-6-5-7(13-8(11-2)12-6)17-10-15-14-9(18-10)16(3)4/h5H,1-4H3,(H,11,12,13). The summed E-state index contributed by atoms with van der Waals surface area (Å²) in [7, 11) is 5.70. The number of hydrogen-bond donors (Lipinski definition) is 1. The van der Waals surface area contributed by atoms with E-state index in [9.17, 15) is 0 Å². The Hall–Kier alpha value is -1.41. The summed E-state index contributed by atoms with van der Waals surface area (Å²) in [5.41, 5.74) is 0.925. The molecule has 0 aromatic carbocycles. The molecule has 2 heterocycles. The van der Waals surface area contributed by atoms with Gasteiger partial charge in [-0.25, -0.2) is 9.97 Å². The van der Waals surface area contributed by atoms with E-state index in [0.717, 1.165) is 20.2 Å². The van der Waals surface area contributed by atoms with Crippen molar-refractivity contribution in [2.45, 2.75) is 16.3 Å². The molecule has 1 N–H and O–H groups in total. The number of aryl methyl sites for hydroxylation is 1. The van der Waals surface area contributed by atoms with Gasteiger partial charge >= 0.3 is 0 Å². The summed E-state index contributed by atoms with van der Waals surface area (Å²) in [6, 6.07) is 1.93. The molecule has 0 radical (unpaired) electrons. The highest BCUT2D eigenvalue weighted by atomic mass is 32.2. The van der Waals surface area contributed by atoms with Crippen molar-refractivity contribution in [1.82, 2.24) is 20.2 Å². The van der Waals surface area contributed by atoms with Crippen LogP contribution in [0.2, 0.25) is 0 Å². The highest BCUT2D eigenvalue weighted by molar-refractivity contribution is 8.01. The first-order valence-corrected chi connectivity index (χ1v) is 6.94. The van der Waals surface area contributed by atoms with Gasteiger partial charge in [0.15, 0.2) is 4.34 Å². The number of nitrogens with one attached hydrogen (secondary N) is 1. The highest BCUT2D eigenvalue weighted by Gasteiger charge is 2.09. The van der Waals surface area contributed by atoms with E-state index in [1.54, 1.807) is 18.4 Å². The van der Waals surface area contributed by atoms with Gasteiger partial charge in [0.2, 0.25) is 11.1 Å². The van der Waals surface area contributed by atoms with Crippen LogP contribution in [0, 0.1) is 6.92 Å². The van der Waals surface area contributed by atoms with Crippen molar-refractivity contribution < 1.29 is 0 Å². The molecule has 6 nitrogen and oxygen atoms in total. The minimum Gasteiger partial charge on any atom is -0.357 e. The van der Waals surface area contributed by atoms with Gasteiger partial charge in [0.25, 0.3) is 0 Å². The summed E-state index contributed by atoms with van der Waals surface area (Å²) < 4.78 is 0.874. The molecular formula is C10H14N6S2. The van der Waals surface area contributed by atoms with Crippen LogP contribution < -0.4 is 10.2 Å². The number of anilines is 2. The Morgan fingerprint density at radius 1 is 1.28 bits per heavy atom. The number of aromatic nitrogens is 4. The Morgan fingerprint density at radius 2 is 2.06 bits per heavy atom. The van der Waals surface area contributed by atoms with Crippen LogP contribution in [-0.4, -0.2) is 41.3 Å². The average Bonchev–Trinajstić information content (AvgIpc) is 2.76. The molecule has 0 aliphatic heterocycles. The maximum Gasteiger partial charge on any atom is 0.223 e. The molecule has 0 saturated heterocycles. The van der Waals surface area contributed by atoms with E-state index in [-0.39, 0.29) is 0 Å². The van der Waals surface area contributed by atoms with Crippen LogP contribution in [-0.2, 0) is 0 Å². The van der Waals surface area contributed by atoms with Gasteiger partial charge in [-0.15, -0.1) is 10.2 Å². The second-order valence-electron chi connectivity index (χ2n) is 3.77. The fourth-order valence-electron chi connectivity index (χ4n) is 1.22. The molecular weight excluding hydrogens is 268 g/mol. The fourth-order valence-corrected chi connectivity index (χ4v) is 2.99. The second kappa shape index (κ2) is 5.49. The maximum atomic E-state index is 4.37. The van der Waals surface area contributed by atoms with Crippen molar-refractivity contribution in [2.24, 2.45) is 0 Å². The Labute approximate surface area is 114 Å². The van der Waals surface area contributed by atoms with Gasteiger partial charge in [0.05, 0.1) is 0 Å². The lowest BCUT2D eigenvalue weighted by atomic mass is 10.5. The van der Waals surface area contributed by atoms with Gasteiger partial charge < -0.3 is 10.2 Å². The molecule has 0 aliphatic carbocycles. The number of hydrogen-bond acceptors (Lipinski definition) is 8. The molecule has 0 atom stereocenters. The Balaban J connectivity index is 2.19. The molecule has 0 aliphatic rings. The maximum absolute atomic E-state index is 4.37. The van der Waals surface area contributed by atoms with Gasteiger partial charge in [-0.1, -0.05) is 11.3 Å². The molecule has 0 bridgehead atoms. The first-order chi connectivity index (χ1) is 8.58. The van der Waals surface area contributed by atoms with Crippen molar-refractivity contribution in [3.05, 3.63) is 11.8 Å². The first kappa shape index (κ1) is 13.0. The summed E-state index contributed by atoms with van der Waals surface area (Å²) in [4.78, 5) is 10.6. The third-order valence-corrected chi connectivity index (χ3v) is 4.08. The van der Waals surface area contributed by atoms with Crippen LogP contribution in [0.15, 0.2) is 15.4 Å². The second-order valence-corrected chi connectivity index (χ2v) is 5.99. The first-order valence-electron chi connectivity index (χ1n) is 5.30. The molecule has 0 fully saturated rings. The van der Waals surface area contributed by atoms with E-state index < -0.39 is 0 Å². The quantitative estimate of drug-likeness (QED) is 0.859. The van der Waals surface area contributed by atoms with Crippen molar-refractivity contribution in [2.75, 3.05) is 31.4 Å². The van der Waals surface area contributed by atoms with Crippen molar-refractivity contribution in [1.29, 1.82) is 0 Å². The van der Waals surface area contributed by atoms with E-state index in [2.05, 4.69) is 25.5 Å². The van der Waals surface area contributed by atoms with E-state index >= 15 is 0 Å². The van der Waals surface area contributed by atoms with Crippen LogP contribution in [0.3, 0.4) is 0 Å². The molecule has 2 aromatic rings. The SMILES string of the molecule is CNc1nc(C)cc(Sc2nnc(N(C)C)s2)n1. The molecule has 0 unspecified atom stereocenters. The summed E-state index contributed by atoms with van der Waals surface area (Å²) in [5, 5.41) is 12.9. The molecule has 0 amide bonds. The molecule has 0 saturated carbocycles. The van der Waals surface area contributed by atoms with Crippen molar-refractivity contribution in [3.8, 4) is 0 Å². The molecule has 2 aromatic heterocycles. The van der Waals surface area contributed by atoms with Gasteiger partial charge in [-0.05, 0) is 24.8 Å². The predicted molar refractivity (Wildman–Crippen MR) is 74.7 cm³/mol. The molecule has 18 heavy (non-hydrogen) atoms. The minimum absolute atomic E-state index is 0.620. The van der Waals surface area contributed by atoms with Gasteiger partial charge in [-0.2, -0.15) is 0 Å². The van der Waals surface area contributed by atoms with Gasteiger partial charge in [0, 0.05) is 26.8 Å². The van der Waals surface area contributed by atoms with Crippen LogP contribution in [0.25, 0.3) is 0 Å². The van der Waals surface area contributed by atoms with E-state index in [1.807, 2.05) is 32.0 Å². The molecule has 96 valence electrons. The Kier molecular flexibility index (Phi) is 3.97. The topological polar surface area (TPSA) is 66.8 Å². The van der Waals surface area contributed by atoms with Crippen molar-refractivity contribution >= 4 is 34.2 Å². The van der Waals surface area contributed by atoms with Crippen LogP contribution >= 0.6 is 23.1 Å². The lowest BCUT2D eigenvalue weighted by Crippen LogP contribution is -2.07. The van der Waals surface area contributed by atoms with Gasteiger partial charge in [0.1, 0.15) is 5.03 Å². The summed E-state index contributed by atoms with van der Waals surface area (Å²) in [5.74, 6) is 0.620. The minimum atomic E-state index is 0.620. The summed E-state index contributed by atoms with van der Waals surface area (Å²) in [6.07, 6.45) is 0. The zero-order valence-corrected chi connectivity index (χ0v) is 12.3. The molecule has 2 rings (SSSR count). The average molecular weight is 282 g/mol. The van der Waals surface area contributed by atoms with E-state index in [1.165, 1.54) is 11.8 Å². The smallest absolute Gasteiger partial charge is 0.223 e. The third kappa shape index (κ3) is 3.08. The Morgan fingerprint density at radius 3 is 2.67 bits per heavy atom. The lowest BCUT2D eigenvalue weighted by Gasteiger charge is -2.04. The Bertz CT molecular complexity index is 539. The predicted octanol–water partition coefficient (Wildman–Crippen LogP) is 1.90. The summed E-state index contributed by atoms with van der Waals surface area (Å²) >= 11 is 3.04. The molecule has 8 heteroatoms. The normalized spacial score (nSPS) is 10.4. The van der Waals surface area contributed by atoms with Crippen LogP contribution in [0.1, 0.15) is 5.69 Å². The number of rotatable bonds is 4. The van der Waals surface area contributed by atoms with Gasteiger partial charge in [-0.3, -0.25) is 0 Å². The zero-order valence-electron chi connectivity index (χ0n) is 10.6. The third-order valence-electron chi connectivity index (χ3n) is 2.02. The highest BCUT2D eigenvalue weighted by Crippen LogP contribution is 2.32. The number of nitrogens with zero attached hydrogens (tertiary/aromatic N) is 5. The zero-order chi connectivity index (χ0) is 13.1. The van der Waals surface area contributed by atoms with Crippen LogP contribution in [0.5, 0.6) is 0 Å².